The number of nitrogens with zero attached hydrogens (tertiary/aromatic N) is 4. The highest BCUT2D eigenvalue weighted by Gasteiger charge is 2.26. The molecule has 0 aliphatic rings. The summed E-state index contributed by atoms with van der Waals surface area (Å²) in [5, 5.41) is 32.6. The fourth-order valence-electron chi connectivity index (χ4n) is 2.96. The molecule has 3 aromatic rings. The molecule has 1 aromatic heterocycles. The standard InChI is InChI=1S/C17H17N5O5/c1-3-20(4-2)10-5-6-11(16(23)7-10)17-18-12-8-14(21(24)25)15(22(26)27)9-13(12)19-17/h5-9,23H,3-4H2,1-2H3,(H,18,19). The Balaban J connectivity index is 2.10. The molecule has 0 aliphatic carbocycles. The quantitative estimate of drug-likeness (QED) is 0.498. The van der Waals surface area contributed by atoms with Gasteiger partial charge in [-0.3, -0.25) is 20.2 Å². The van der Waals surface area contributed by atoms with Crippen LogP contribution in [0.3, 0.4) is 0 Å². The second-order valence-electron chi connectivity index (χ2n) is 5.83. The number of nitro benzene ring substituents is 2. The molecule has 1 heterocycles. The number of H-pyrrole nitrogens is 1. The van der Waals surface area contributed by atoms with Crippen molar-refractivity contribution >= 4 is 28.1 Å². The van der Waals surface area contributed by atoms with Crippen molar-refractivity contribution in [1.82, 2.24) is 9.97 Å². The Morgan fingerprint density at radius 3 is 2.26 bits per heavy atom. The lowest BCUT2D eigenvalue weighted by molar-refractivity contribution is -0.422. The van der Waals surface area contributed by atoms with E-state index in [9.17, 15) is 25.3 Å². The predicted octanol–water partition coefficient (Wildman–Crippen LogP) is 3.60. The van der Waals surface area contributed by atoms with Crippen LogP contribution in [0.25, 0.3) is 22.4 Å². The van der Waals surface area contributed by atoms with Gasteiger partial charge in [-0.2, -0.15) is 0 Å². The summed E-state index contributed by atoms with van der Waals surface area (Å²) in [5.74, 6) is 0.255. The summed E-state index contributed by atoms with van der Waals surface area (Å²) in [6.07, 6.45) is 0. The Morgan fingerprint density at radius 2 is 1.70 bits per heavy atom. The van der Waals surface area contributed by atoms with Gasteiger partial charge in [0.25, 0.3) is 0 Å². The maximum absolute atomic E-state index is 11.1. The highest BCUT2D eigenvalue weighted by molar-refractivity contribution is 5.86. The average Bonchev–Trinajstić information content (AvgIpc) is 3.04. The van der Waals surface area contributed by atoms with Gasteiger partial charge in [0.1, 0.15) is 11.6 Å². The van der Waals surface area contributed by atoms with Crippen LogP contribution in [-0.4, -0.2) is 38.0 Å². The number of hydrogen-bond donors (Lipinski definition) is 2. The van der Waals surface area contributed by atoms with Crippen LogP contribution in [-0.2, 0) is 0 Å². The molecule has 0 saturated carbocycles. The number of aromatic hydroxyl groups is 1. The molecule has 0 radical (unpaired) electrons. The van der Waals surface area contributed by atoms with Gasteiger partial charge < -0.3 is 15.0 Å². The van der Waals surface area contributed by atoms with Crippen LogP contribution >= 0.6 is 0 Å². The van der Waals surface area contributed by atoms with Gasteiger partial charge in [-0.25, -0.2) is 4.98 Å². The van der Waals surface area contributed by atoms with E-state index in [2.05, 4.69) is 14.9 Å². The number of nitrogens with one attached hydrogen (secondary N) is 1. The molecule has 0 atom stereocenters. The Morgan fingerprint density at radius 1 is 1.07 bits per heavy atom. The minimum absolute atomic E-state index is 0.0116. The van der Waals surface area contributed by atoms with Crippen molar-refractivity contribution in [2.75, 3.05) is 18.0 Å². The molecule has 0 spiro atoms. The lowest BCUT2D eigenvalue weighted by atomic mass is 10.1. The Kier molecular flexibility index (Phi) is 4.63. The van der Waals surface area contributed by atoms with Gasteiger partial charge in [0, 0.05) is 30.9 Å². The van der Waals surface area contributed by atoms with Gasteiger partial charge in [0.05, 0.1) is 32.5 Å². The Labute approximate surface area is 153 Å². The first-order valence-electron chi connectivity index (χ1n) is 8.26. The molecule has 0 fully saturated rings. The van der Waals surface area contributed by atoms with Gasteiger partial charge in [-0.15, -0.1) is 0 Å². The number of aromatic nitrogens is 2. The van der Waals surface area contributed by atoms with Crippen LogP contribution < -0.4 is 4.90 Å². The minimum atomic E-state index is -0.817. The number of rotatable bonds is 6. The molecule has 0 bridgehead atoms. The maximum Gasteiger partial charge on any atom is 0.348 e. The lowest BCUT2D eigenvalue weighted by Gasteiger charge is -2.21. The van der Waals surface area contributed by atoms with E-state index in [1.165, 1.54) is 0 Å². The summed E-state index contributed by atoms with van der Waals surface area (Å²) in [4.78, 5) is 29.7. The summed E-state index contributed by atoms with van der Waals surface area (Å²) in [7, 11) is 0. The number of phenolic OH excluding ortho intramolecular Hbond substituents is 1. The maximum atomic E-state index is 11.1. The third-order valence-corrected chi connectivity index (χ3v) is 4.34. The van der Waals surface area contributed by atoms with E-state index < -0.39 is 21.2 Å². The van der Waals surface area contributed by atoms with E-state index in [4.69, 9.17) is 0 Å². The summed E-state index contributed by atoms with van der Waals surface area (Å²) in [5.41, 5.74) is 0.468. The van der Waals surface area contributed by atoms with Crippen LogP contribution in [0.5, 0.6) is 5.75 Å². The van der Waals surface area contributed by atoms with Crippen LogP contribution in [0, 0.1) is 20.2 Å². The molecule has 10 heteroatoms. The van der Waals surface area contributed by atoms with Crippen LogP contribution in [0.1, 0.15) is 13.8 Å². The molecule has 3 rings (SSSR count). The molecular weight excluding hydrogens is 354 g/mol. The van der Waals surface area contributed by atoms with E-state index in [-0.39, 0.29) is 22.6 Å². The van der Waals surface area contributed by atoms with Crippen molar-refractivity contribution in [3.05, 3.63) is 50.6 Å². The van der Waals surface area contributed by atoms with E-state index in [1.54, 1.807) is 12.1 Å². The zero-order valence-corrected chi connectivity index (χ0v) is 14.7. The number of benzene rings is 2. The van der Waals surface area contributed by atoms with Crippen molar-refractivity contribution in [2.45, 2.75) is 13.8 Å². The summed E-state index contributed by atoms with van der Waals surface area (Å²) < 4.78 is 0. The van der Waals surface area contributed by atoms with Crippen LogP contribution in [0.15, 0.2) is 30.3 Å². The third kappa shape index (κ3) is 3.24. The number of anilines is 1. The molecule has 27 heavy (non-hydrogen) atoms. The average molecular weight is 371 g/mol. The number of nitro groups is 2. The lowest BCUT2D eigenvalue weighted by Crippen LogP contribution is -2.21. The number of phenols is 1. The Hall–Kier alpha value is -3.69. The number of imidazole rings is 1. The zero-order chi connectivity index (χ0) is 19.7. The second-order valence-corrected chi connectivity index (χ2v) is 5.83. The molecule has 0 aliphatic heterocycles. The normalized spacial score (nSPS) is 10.9. The topological polar surface area (TPSA) is 138 Å². The first-order chi connectivity index (χ1) is 12.8. The van der Waals surface area contributed by atoms with Crippen LogP contribution in [0.4, 0.5) is 17.1 Å². The number of fused-ring (bicyclic) bond motifs is 1. The van der Waals surface area contributed by atoms with Crippen molar-refractivity contribution in [1.29, 1.82) is 0 Å². The van der Waals surface area contributed by atoms with E-state index in [0.717, 1.165) is 30.9 Å². The molecule has 10 nitrogen and oxygen atoms in total. The SMILES string of the molecule is CCN(CC)c1ccc(-c2nc3cc([N+](=O)[O-])c([N+](=O)[O-])cc3[nH]2)c(O)c1. The fourth-order valence-corrected chi connectivity index (χ4v) is 2.96. The van der Waals surface area contributed by atoms with E-state index in [0.29, 0.717) is 5.56 Å². The van der Waals surface area contributed by atoms with Gasteiger partial charge in [-0.1, -0.05) is 0 Å². The third-order valence-electron chi connectivity index (χ3n) is 4.34. The largest absolute Gasteiger partial charge is 0.507 e. The monoisotopic (exact) mass is 371 g/mol. The van der Waals surface area contributed by atoms with Gasteiger partial charge in [-0.05, 0) is 26.0 Å². The molecule has 2 aromatic carbocycles. The molecule has 0 unspecified atom stereocenters. The van der Waals surface area contributed by atoms with Gasteiger partial charge >= 0.3 is 11.4 Å². The predicted molar refractivity (Wildman–Crippen MR) is 100 cm³/mol. The fraction of sp³-hybridized carbons (Fsp3) is 0.235. The molecule has 0 amide bonds. The zero-order valence-electron chi connectivity index (χ0n) is 14.7. The summed E-state index contributed by atoms with van der Waals surface area (Å²) in [6.45, 7) is 5.58. The van der Waals surface area contributed by atoms with Gasteiger partial charge in [0.15, 0.2) is 0 Å². The molecule has 140 valence electrons. The summed E-state index contributed by atoms with van der Waals surface area (Å²) >= 11 is 0. The number of aromatic amines is 1. The molecule has 2 N–H and O–H groups in total. The van der Waals surface area contributed by atoms with Crippen molar-refractivity contribution in [3.63, 3.8) is 0 Å². The highest BCUT2D eigenvalue weighted by Crippen LogP contribution is 2.35. The highest BCUT2D eigenvalue weighted by atomic mass is 16.6. The van der Waals surface area contributed by atoms with Crippen molar-refractivity contribution in [2.24, 2.45) is 0 Å². The molecule has 0 saturated heterocycles. The van der Waals surface area contributed by atoms with E-state index in [1.807, 2.05) is 19.9 Å². The number of hydrogen-bond acceptors (Lipinski definition) is 7. The van der Waals surface area contributed by atoms with Gasteiger partial charge in [0.2, 0.25) is 0 Å². The smallest absolute Gasteiger partial charge is 0.348 e. The second kappa shape index (κ2) is 6.90. The minimum Gasteiger partial charge on any atom is -0.507 e. The molecular formula is C17H17N5O5. The van der Waals surface area contributed by atoms with Crippen molar-refractivity contribution in [3.8, 4) is 17.1 Å². The first kappa shape index (κ1) is 18.1. The van der Waals surface area contributed by atoms with Crippen molar-refractivity contribution < 1.29 is 15.0 Å². The first-order valence-corrected chi connectivity index (χ1v) is 8.26. The summed E-state index contributed by atoms with van der Waals surface area (Å²) in [6, 6.07) is 7.25. The Bertz CT molecular complexity index is 991. The van der Waals surface area contributed by atoms with E-state index >= 15 is 0 Å². The van der Waals surface area contributed by atoms with Crippen LogP contribution in [0.2, 0.25) is 0 Å².